The highest BCUT2D eigenvalue weighted by Gasteiger charge is 2.29. The summed E-state index contributed by atoms with van der Waals surface area (Å²) in [5.74, 6) is -0.235. The number of amides is 2. The third kappa shape index (κ3) is 7.26. The molecular weight excluding hydrogens is 431 g/mol. The van der Waals surface area contributed by atoms with E-state index < -0.39 is 6.04 Å². The SMILES string of the molecule is CCCCNC(=O)[C@H](CC)N(Cc1ccc(Cl)cc1Cl)C(=O)Cc1ccc(C)c(C)c1. The quantitative estimate of drug-likeness (QED) is 0.448. The second-order valence-electron chi connectivity index (χ2n) is 7.92. The minimum atomic E-state index is -0.567. The van der Waals surface area contributed by atoms with E-state index in [4.69, 9.17) is 23.2 Å². The van der Waals surface area contributed by atoms with Crippen LogP contribution in [-0.4, -0.2) is 29.3 Å². The molecule has 6 heteroatoms. The van der Waals surface area contributed by atoms with E-state index in [1.165, 1.54) is 5.56 Å². The zero-order valence-electron chi connectivity index (χ0n) is 18.8. The Morgan fingerprint density at radius 2 is 1.77 bits per heavy atom. The molecule has 31 heavy (non-hydrogen) atoms. The lowest BCUT2D eigenvalue weighted by Gasteiger charge is -2.31. The fraction of sp³-hybridized carbons (Fsp3) is 0.440. The predicted octanol–water partition coefficient (Wildman–Crippen LogP) is 5.88. The van der Waals surface area contributed by atoms with E-state index in [1.54, 1.807) is 17.0 Å². The van der Waals surface area contributed by atoms with Crippen LogP contribution in [0.15, 0.2) is 36.4 Å². The third-order valence-corrected chi connectivity index (χ3v) is 6.08. The van der Waals surface area contributed by atoms with Crippen LogP contribution in [0, 0.1) is 13.8 Å². The fourth-order valence-electron chi connectivity index (χ4n) is 3.45. The number of unbranched alkanes of at least 4 members (excludes halogenated alkanes) is 1. The van der Waals surface area contributed by atoms with Crippen molar-refractivity contribution in [3.8, 4) is 0 Å². The van der Waals surface area contributed by atoms with Gasteiger partial charge in [0, 0.05) is 23.1 Å². The number of nitrogens with zero attached hydrogens (tertiary/aromatic N) is 1. The Morgan fingerprint density at radius 1 is 1.03 bits per heavy atom. The Bertz CT molecular complexity index is 914. The second kappa shape index (κ2) is 12.1. The first kappa shape index (κ1) is 25.2. The first-order valence-electron chi connectivity index (χ1n) is 10.8. The number of rotatable bonds is 10. The minimum Gasteiger partial charge on any atom is -0.354 e. The van der Waals surface area contributed by atoms with Gasteiger partial charge in [0.2, 0.25) is 11.8 Å². The molecule has 0 aliphatic rings. The van der Waals surface area contributed by atoms with Gasteiger partial charge in [-0.2, -0.15) is 0 Å². The Hall–Kier alpha value is -2.04. The molecule has 0 spiro atoms. The molecule has 0 bridgehead atoms. The molecule has 0 saturated heterocycles. The van der Waals surface area contributed by atoms with Crippen molar-refractivity contribution in [3.05, 3.63) is 68.7 Å². The van der Waals surface area contributed by atoms with Crippen LogP contribution in [0.1, 0.15) is 55.4 Å². The highest BCUT2D eigenvalue weighted by molar-refractivity contribution is 6.35. The van der Waals surface area contributed by atoms with E-state index in [-0.39, 0.29) is 24.8 Å². The van der Waals surface area contributed by atoms with Crippen molar-refractivity contribution < 1.29 is 9.59 Å². The van der Waals surface area contributed by atoms with Crippen molar-refractivity contribution in [2.24, 2.45) is 0 Å². The van der Waals surface area contributed by atoms with Gasteiger partial charge in [-0.25, -0.2) is 0 Å². The van der Waals surface area contributed by atoms with Gasteiger partial charge >= 0.3 is 0 Å². The molecule has 1 atom stereocenters. The first-order chi connectivity index (χ1) is 14.8. The number of carbonyl (C=O) groups is 2. The van der Waals surface area contributed by atoms with Gasteiger partial charge in [0.25, 0.3) is 0 Å². The number of halogens is 2. The Morgan fingerprint density at radius 3 is 2.39 bits per heavy atom. The average molecular weight is 463 g/mol. The van der Waals surface area contributed by atoms with Crippen LogP contribution in [0.25, 0.3) is 0 Å². The summed E-state index contributed by atoms with van der Waals surface area (Å²) >= 11 is 12.4. The van der Waals surface area contributed by atoms with Crippen molar-refractivity contribution in [1.82, 2.24) is 10.2 Å². The maximum Gasteiger partial charge on any atom is 0.242 e. The number of hydrogen-bond acceptors (Lipinski definition) is 2. The average Bonchev–Trinajstić information content (AvgIpc) is 2.72. The highest BCUT2D eigenvalue weighted by Crippen LogP contribution is 2.24. The summed E-state index contributed by atoms with van der Waals surface area (Å²) in [6, 6.07) is 10.7. The molecule has 4 nitrogen and oxygen atoms in total. The molecule has 0 unspecified atom stereocenters. The molecular formula is C25H32Cl2N2O2. The zero-order valence-corrected chi connectivity index (χ0v) is 20.3. The van der Waals surface area contributed by atoms with Crippen LogP contribution in [0.4, 0.5) is 0 Å². The monoisotopic (exact) mass is 462 g/mol. The van der Waals surface area contributed by atoms with Crippen LogP contribution in [0.2, 0.25) is 10.0 Å². The van der Waals surface area contributed by atoms with E-state index in [0.717, 1.165) is 29.5 Å². The number of carbonyl (C=O) groups excluding carboxylic acids is 2. The predicted molar refractivity (Wildman–Crippen MR) is 129 cm³/mol. The van der Waals surface area contributed by atoms with Crippen molar-refractivity contribution >= 4 is 35.0 Å². The molecule has 2 aromatic rings. The van der Waals surface area contributed by atoms with Gasteiger partial charge < -0.3 is 10.2 Å². The Labute approximate surface area is 195 Å². The molecule has 2 rings (SSSR count). The third-order valence-electron chi connectivity index (χ3n) is 5.50. The van der Waals surface area contributed by atoms with Gasteiger partial charge in [0.15, 0.2) is 0 Å². The smallest absolute Gasteiger partial charge is 0.242 e. The van der Waals surface area contributed by atoms with Crippen molar-refractivity contribution in [2.75, 3.05) is 6.54 Å². The molecule has 0 heterocycles. The Kier molecular flexibility index (Phi) is 9.86. The van der Waals surface area contributed by atoms with Gasteiger partial charge in [-0.05, 0) is 61.1 Å². The van der Waals surface area contributed by atoms with E-state index in [9.17, 15) is 9.59 Å². The number of benzene rings is 2. The first-order valence-corrected chi connectivity index (χ1v) is 11.6. The molecule has 2 aromatic carbocycles. The molecule has 0 radical (unpaired) electrons. The number of hydrogen-bond donors (Lipinski definition) is 1. The summed E-state index contributed by atoms with van der Waals surface area (Å²) < 4.78 is 0. The van der Waals surface area contributed by atoms with Crippen LogP contribution in [-0.2, 0) is 22.6 Å². The molecule has 0 saturated carbocycles. The maximum absolute atomic E-state index is 13.4. The summed E-state index contributed by atoms with van der Waals surface area (Å²) in [5, 5.41) is 3.99. The van der Waals surface area contributed by atoms with E-state index in [1.807, 2.05) is 45.0 Å². The largest absolute Gasteiger partial charge is 0.354 e. The summed E-state index contributed by atoms with van der Waals surface area (Å²) in [7, 11) is 0. The van der Waals surface area contributed by atoms with Crippen LogP contribution in [0.5, 0.6) is 0 Å². The van der Waals surface area contributed by atoms with Crippen molar-refractivity contribution in [2.45, 2.75) is 66.0 Å². The van der Waals surface area contributed by atoms with E-state index in [0.29, 0.717) is 23.0 Å². The van der Waals surface area contributed by atoms with Crippen LogP contribution in [0.3, 0.4) is 0 Å². The summed E-state index contributed by atoms with van der Waals surface area (Å²) in [6.07, 6.45) is 2.64. The Balaban J connectivity index is 2.31. The van der Waals surface area contributed by atoms with Gasteiger partial charge in [0.05, 0.1) is 6.42 Å². The highest BCUT2D eigenvalue weighted by atomic mass is 35.5. The maximum atomic E-state index is 13.4. The summed E-state index contributed by atoms with van der Waals surface area (Å²) in [5.41, 5.74) is 4.02. The second-order valence-corrected chi connectivity index (χ2v) is 8.77. The zero-order chi connectivity index (χ0) is 23.0. The van der Waals surface area contributed by atoms with E-state index >= 15 is 0 Å². The molecule has 0 aliphatic carbocycles. The van der Waals surface area contributed by atoms with Gasteiger partial charge in [-0.15, -0.1) is 0 Å². The molecule has 168 valence electrons. The normalized spacial score (nSPS) is 11.8. The number of aryl methyl sites for hydroxylation is 2. The lowest BCUT2D eigenvalue weighted by atomic mass is 10.0. The number of nitrogens with one attached hydrogen (secondary N) is 1. The van der Waals surface area contributed by atoms with Crippen molar-refractivity contribution in [3.63, 3.8) is 0 Å². The van der Waals surface area contributed by atoms with Gasteiger partial charge in [0.1, 0.15) is 6.04 Å². The lowest BCUT2D eigenvalue weighted by molar-refractivity contribution is -0.140. The minimum absolute atomic E-state index is 0.105. The topological polar surface area (TPSA) is 49.4 Å². The van der Waals surface area contributed by atoms with Crippen LogP contribution >= 0.6 is 23.2 Å². The standard InChI is InChI=1S/C25H32Cl2N2O2/c1-5-7-12-28-25(31)23(6-2)29(16-20-10-11-21(26)15-22(20)27)24(30)14-19-9-8-17(3)18(4)13-19/h8-11,13,15,23H,5-7,12,14,16H2,1-4H3,(H,28,31)/t23-/m0/s1. The molecule has 0 aliphatic heterocycles. The fourth-order valence-corrected chi connectivity index (χ4v) is 3.92. The van der Waals surface area contributed by atoms with Crippen LogP contribution < -0.4 is 5.32 Å². The van der Waals surface area contributed by atoms with Crippen molar-refractivity contribution in [1.29, 1.82) is 0 Å². The molecule has 0 fully saturated rings. The van der Waals surface area contributed by atoms with Gasteiger partial charge in [-0.1, -0.05) is 67.7 Å². The summed E-state index contributed by atoms with van der Waals surface area (Å²) in [6.45, 7) is 8.93. The molecule has 0 aromatic heterocycles. The summed E-state index contributed by atoms with van der Waals surface area (Å²) in [4.78, 5) is 28.0. The molecule has 2 amide bonds. The van der Waals surface area contributed by atoms with Gasteiger partial charge in [-0.3, -0.25) is 9.59 Å². The van der Waals surface area contributed by atoms with E-state index in [2.05, 4.69) is 12.2 Å². The molecule has 1 N–H and O–H groups in total. The lowest BCUT2D eigenvalue weighted by Crippen LogP contribution is -2.49.